The highest BCUT2D eigenvalue weighted by molar-refractivity contribution is 8.00. The molecule has 1 fully saturated rings. The molecule has 10 heteroatoms. The van der Waals surface area contributed by atoms with Gasteiger partial charge < -0.3 is 4.90 Å². The SMILES string of the molecule is CN(C)C(=O)CSc1ccccc1C(=O)NNC(=O)[C@H]1CCS(=O)(=O)C1. The number of nitrogens with zero attached hydrogens (tertiary/aromatic N) is 1. The van der Waals surface area contributed by atoms with Crippen LogP contribution in [0.4, 0.5) is 0 Å². The maximum atomic E-state index is 12.3. The molecule has 1 aromatic carbocycles. The molecule has 0 radical (unpaired) electrons. The van der Waals surface area contributed by atoms with Crippen LogP contribution in [0.1, 0.15) is 16.8 Å². The Balaban J connectivity index is 1.95. The van der Waals surface area contributed by atoms with Crippen molar-refractivity contribution in [1.82, 2.24) is 15.8 Å². The lowest BCUT2D eigenvalue weighted by atomic mass is 10.1. The number of rotatable bonds is 5. The number of carbonyl (C=O) groups excluding carboxylic acids is 3. The zero-order valence-corrected chi connectivity index (χ0v) is 16.2. The van der Waals surface area contributed by atoms with Gasteiger partial charge in [-0.05, 0) is 18.6 Å². The van der Waals surface area contributed by atoms with E-state index in [4.69, 9.17) is 0 Å². The number of carbonyl (C=O) groups is 3. The molecule has 3 amide bonds. The molecule has 0 unspecified atom stereocenters. The van der Waals surface area contributed by atoms with E-state index in [-0.39, 0.29) is 29.6 Å². The molecule has 1 heterocycles. The summed E-state index contributed by atoms with van der Waals surface area (Å²) in [6, 6.07) is 6.73. The van der Waals surface area contributed by atoms with Crippen LogP contribution in [0.3, 0.4) is 0 Å². The number of hydrogen-bond acceptors (Lipinski definition) is 6. The van der Waals surface area contributed by atoms with Gasteiger partial charge in [0, 0.05) is 19.0 Å². The Morgan fingerprint density at radius 1 is 1.19 bits per heavy atom. The highest BCUT2D eigenvalue weighted by Crippen LogP contribution is 2.23. The van der Waals surface area contributed by atoms with Gasteiger partial charge in [-0.15, -0.1) is 11.8 Å². The van der Waals surface area contributed by atoms with Crippen molar-refractivity contribution in [1.29, 1.82) is 0 Å². The second kappa shape index (κ2) is 8.54. The summed E-state index contributed by atoms with van der Waals surface area (Å²) < 4.78 is 22.8. The fourth-order valence-corrected chi connectivity index (χ4v) is 5.11. The maximum absolute atomic E-state index is 12.3. The van der Waals surface area contributed by atoms with Crippen LogP contribution in [0.25, 0.3) is 0 Å². The first-order chi connectivity index (χ1) is 12.2. The van der Waals surface area contributed by atoms with Gasteiger partial charge in [-0.1, -0.05) is 12.1 Å². The number of sulfone groups is 1. The lowest BCUT2D eigenvalue weighted by Crippen LogP contribution is -2.45. The van der Waals surface area contributed by atoms with E-state index in [0.717, 1.165) is 0 Å². The maximum Gasteiger partial charge on any atom is 0.270 e. The Labute approximate surface area is 156 Å². The standard InChI is InChI=1S/C16H21N3O5S2/c1-19(2)14(20)9-25-13-6-4-3-5-12(13)16(22)18-17-15(21)11-7-8-26(23,24)10-11/h3-6,11H,7-10H2,1-2H3,(H,17,21)(H,18,22)/t11-/m0/s1. The molecule has 1 atom stereocenters. The topological polar surface area (TPSA) is 113 Å². The zero-order chi connectivity index (χ0) is 19.3. The predicted molar refractivity (Wildman–Crippen MR) is 98.2 cm³/mol. The quantitative estimate of drug-likeness (QED) is 0.535. The summed E-state index contributed by atoms with van der Waals surface area (Å²) in [6.45, 7) is 0. The Bertz CT molecular complexity index is 808. The van der Waals surface area contributed by atoms with E-state index in [2.05, 4.69) is 10.9 Å². The average Bonchev–Trinajstić information content (AvgIpc) is 2.97. The molecule has 1 aliphatic heterocycles. The largest absolute Gasteiger partial charge is 0.348 e. The van der Waals surface area contributed by atoms with Crippen molar-refractivity contribution in [3.05, 3.63) is 29.8 Å². The summed E-state index contributed by atoms with van der Waals surface area (Å²) in [4.78, 5) is 38.1. The lowest BCUT2D eigenvalue weighted by molar-refractivity contribution is -0.126. The molecule has 0 aromatic heterocycles. The summed E-state index contributed by atoms with van der Waals surface area (Å²) in [5.74, 6) is -1.81. The van der Waals surface area contributed by atoms with Crippen molar-refractivity contribution in [2.75, 3.05) is 31.4 Å². The van der Waals surface area contributed by atoms with E-state index in [9.17, 15) is 22.8 Å². The normalized spacial score (nSPS) is 18.2. The molecular weight excluding hydrogens is 378 g/mol. The second-order valence-electron chi connectivity index (χ2n) is 6.12. The summed E-state index contributed by atoms with van der Waals surface area (Å²) in [6.07, 6.45) is 0.253. The van der Waals surface area contributed by atoms with Crippen molar-refractivity contribution in [3.8, 4) is 0 Å². The number of hydrogen-bond donors (Lipinski definition) is 2. The summed E-state index contributed by atoms with van der Waals surface area (Å²) >= 11 is 1.23. The van der Waals surface area contributed by atoms with Gasteiger partial charge in [0.25, 0.3) is 5.91 Å². The second-order valence-corrected chi connectivity index (χ2v) is 9.36. The first-order valence-corrected chi connectivity index (χ1v) is 10.7. The Morgan fingerprint density at radius 3 is 2.50 bits per heavy atom. The third-order valence-corrected chi connectivity index (χ3v) is 6.71. The highest BCUT2D eigenvalue weighted by Gasteiger charge is 2.33. The van der Waals surface area contributed by atoms with E-state index in [1.807, 2.05) is 0 Å². The van der Waals surface area contributed by atoms with Crippen LogP contribution < -0.4 is 10.9 Å². The minimum Gasteiger partial charge on any atom is -0.348 e. The monoisotopic (exact) mass is 399 g/mol. The van der Waals surface area contributed by atoms with Crippen LogP contribution in [0.2, 0.25) is 0 Å². The number of thioether (sulfide) groups is 1. The third kappa shape index (κ3) is 5.46. The van der Waals surface area contributed by atoms with Gasteiger partial charge in [0.15, 0.2) is 9.84 Å². The van der Waals surface area contributed by atoms with Gasteiger partial charge in [-0.2, -0.15) is 0 Å². The van der Waals surface area contributed by atoms with Crippen LogP contribution in [-0.2, 0) is 19.4 Å². The van der Waals surface area contributed by atoms with Crippen molar-refractivity contribution >= 4 is 39.3 Å². The van der Waals surface area contributed by atoms with E-state index >= 15 is 0 Å². The van der Waals surface area contributed by atoms with Crippen molar-refractivity contribution < 1.29 is 22.8 Å². The van der Waals surface area contributed by atoms with Gasteiger partial charge in [0.2, 0.25) is 11.8 Å². The van der Waals surface area contributed by atoms with Crippen molar-refractivity contribution in [2.45, 2.75) is 11.3 Å². The average molecular weight is 399 g/mol. The Morgan fingerprint density at radius 2 is 1.88 bits per heavy atom. The molecular formula is C16H21N3O5S2. The van der Waals surface area contributed by atoms with Gasteiger partial charge in [0.05, 0.1) is 28.7 Å². The molecule has 0 spiro atoms. The van der Waals surface area contributed by atoms with Gasteiger partial charge in [-0.25, -0.2) is 8.42 Å². The summed E-state index contributed by atoms with van der Waals surface area (Å²) in [7, 11) is 0.133. The minimum absolute atomic E-state index is 0.0155. The number of benzene rings is 1. The molecule has 2 N–H and O–H groups in total. The van der Waals surface area contributed by atoms with Crippen molar-refractivity contribution in [3.63, 3.8) is 0 Å². The van der Waals surface area contributed by atoms with Crippen molar-refractivity contribution in [2.24, 2.45) is 5.92 Å². The molecule has 0 aliphatic carbocycles. The van der Waals surface area contributed by atoms with Gasteiger partial charge in [0.1, 0.15) is 0 Å². The van der Waals surface area contributed by atoms with Gasteiger partial charge in [-0.3, -0.25) is 25.2 Å². The lowest BCUT2D eigenvalue weighted by Gasteiger charge is -2.13. The van der Waals surface area contributed by atoms with E-state index < -0.39 is 27.6 Å². The highest BCUT2D eigenvalue weighted by atomic mass is 32.2. The molecule has 1 saturated heterocycles. The predicted octanol–water partition coefficient (Wildman–Crippen LogP) is 0.0626. The fourth-order valence-electron chi connectivity index (χ4n) is 2.34. The van der Waals surface area contributed by atoms with E-state index in [1.165, 1.54) is 16.7 Å². The third-order valence-electron chi connectivity index (χ3n) is 3.88. The van der Waals surface area contributed by atoms with Crippen LogP contribution >= 0.6 is 11.8 Å². The molecule has 142 valence electrons. The smallest absolute Gasteiger partial charge is 0.270 e. The van der Waals surface area contributed by atoms with Crippen LogP contribution in [-0.4, -0.2) is 62.4 Å². The fraction of sp³-hybridized carbons (Fsp3) is 0.438. The Kier molecular flexibility index (Phi) is 6.65. The molecule has 0 bridgehead atoms. The molecule has 2 rings (SSSR count). The zero-order valence-electron chi connectivity index (χ0n) is 14.5. The van der Waals surface area contributed by atoms with Gasteiger partial charge >= 0.3 is 0 Å². The van der Waals surface area contributed by atoms with E-state index in [0.29, 0.717) is 10.5 Å². The number of nitrogens with one attached hydrogen (secondary N) is 2. The van der Waals surface area contributed by atoms with Crippen LogP contribution in [0, 0.1) is 5.92 Å². The Hall–Kier alpha value is -2.07. The molecule has 0 saturated carbocycles. The molecule has 26 heavy (non-hydrogen) atoms. The van der Waals surface area contributed by atoms with Crippen LogP contribution in [0.15, 0.2) is 29.2 Å². The molecule has 8 nitrogen and oxygen atoms in total. The number of hydrazine groups is 1. The molecule has 1 aromatic rings. The summed E-state index contributed by atoms with van der Waals surface area (Å²) in [5, 5.41) is 0. The minimum atomic E-state index is -3.17. The van der Waals surface area contributed by atoms with Crippen LogP contribution in [0.5, 0.6) is 0 Å². The first-order valence-electron chi connectivity index (χ1n) is 7.92. The molecule has 1 aliphatic rings. The first kappa shape index (κ1) is 20.2. The number of amides is 3. The van der Waals surface area contributed by atoms with E-state index in [1.54, 1.807) is 38.4 Å². The summed E-state index contributed by atoms with van der Waals surface area (Å²) in [5.41, 5.74) is 4.92.